The number of piperazine rings is 1. The zero-order valence-corrected chi connectivity index (χ0v) is 12.5. The summed E-state index contributed by atoms with van der Waals surface area (Å²) in [6, 6.07) is 7.08. The first-order valence-electron chi connectivity index (χ1n) is 5.99. The van der Waals surface area contributed by atoms with Gasteiger partial charge in [-0.2, -0.15) is 5.26 Å². The fourth-order valence-electron chi connectivity index (χ4n) is 2.04. The maximum absolute atomic E-state index is 12.3. The van der Waals surface area contributed by atoms with E-state index in [1.165, 1.54) is 6.07 Å². The summed E-state index contributed by atoms with van der Waals surface area (Å²) >= 11 is 2.02. The van der Waals surface area contributed by atoms with Gasteiger partial charge >= 0.3 is 0 Å². The first-order chi connectivity index (χ1) is 9.11. The molecular weight excluding hydrogens is 357 g/mol. The lowest BCUT2D eigenvalue weighted by molar-refractivity contribution is 0.0651. The third-order valence-corrected chi connectivity index (χ3v) is 4.06. The van der Waals surface area contributed by atoms with Crippen LogP contribution < -0.4 is 0 Å². The fourth-order valence-corrected chi connectivity index (χ4v) is 2.37. The quantitative estimate of drug-likeness (QED) is 0.628. The van der Waals surface area contributed by atoms with E-state index in [0.717, 1.165) is 16.7 Å². The number of carbonyl (C=O) groups is 1. The molecule has 0 saturated carbocycles. The minimum Gasteiger partial charge on any atom is -0.507 e. The maximum Gasteiger partial charge on any atom is 0.254 e. The Kier molecular flexibility index (Phi) is 4.61. The molecule has 5 nitrogen and oxygen atoms in total. The maximum atomic E-state index is 12.3. The lowest BCUT2D eigenvalue weighted by Gasteiger charge is -2.33. The number of amides is 1. The number of halogens is 1. The number of hydrogen-bond donors (Lipinski definition) is 1. The summed E-state index contributed by atoms with van der Waals surface area (Å²) in [5, 5.41) is 18.3. The van der Waals surface area contributed by atoms with E-state index in [1.807, 2.05) is 27.5 Å². The zero-order valence-electron chi connectivity index (χ0n) is 10.3. The smallest absolute Gasteiger partial charge is 0.254 e. The molecule has 19 heavy (non-hydrogen) atoms. The molecule has 1 N–H and O–H groups in total. The van der Waals surface area contributed by atoms with Gasteiger partial charge in [0.25, 0.3) is 5.91 Å². The summed E-state index contributed by atoms with van der Waals surface area (Å²) in [6.45, 7) is 3.08. The SMILES string of the molecule is N#CCN1CCN(C(=O)c2ccc(I)c(O)c2)CC1. The van der Waals surface area contributed by atoms with Gasteiger partial charge in [-0.1, -0.05) is 0 Å². The van der Waals surface area contributed by atoms with Gasteiger partial charge < -0.3 is 10.0 Å². The van der Waals surface area contributed by atoms with Gasteiger partial charge in [-0.15, -0.1) is 0 Å². The van der Waals surface area contributed by atoms with Gasteiger partial charge in [0.15, 0.2) is 0 Å². The number of benzene rings is 1. The first-order valence-corrected chi connectivity index (χ1v) is 7.07. The second-order valence-corrected chi connectivity index (χ2v) is 5.55. The Balaban J connectivity index is 2.01. The van der Waals surface area contributed by atoms with Crippen LogP contribution in [0.1, 0.15) is 10.4 Å². The van der Waals surface area contributed by atoms with E-state index in [1.54, 1.807) is 17.0 Å². The van der Waals surface area contributed by atoms with Crippen molar-refractivity contribution in [3.05, 3.63) is 27.3 Å². The number of hydrogen-bond acceptors (Lipinski definition) is 4. The third-order valence-electron chi connectivity index (χ3n) is 3.15. The monoisotopic (exact) mass is 371 g/mol. The lowest BCUT2D eigenvalue weighted by atomic mass is 10.1. The van der Waals surface area contributed by atoms with E-state index >= 15 is 0 Å². The van der Waals surface area contributed by atoms with Crippen LogP contribution in [0.25, 0.3) is 0 Å². The Hall–Kier alpha value is -1.33. The van der Waals surface area contributed by atoms with E-state index in [-0.39, 0.29) is 11.7 Å². The Morgan fingerprint density at radius 1 is 1.37 bits per heavy atom. The highest BCUT2D eigenvalue weighted by atomic mass is 127. The van der Waals surface area contributed by atoms with Crippen molar-refractivity contribution in [2.75, 3.05) is 32.7 Å². The molecule has 1 amide bonds. The zero-order chi connectivity index (χ0) is 13.8. The van der Waals surface area contributed by atoms with Crippen LogP contribution in [0, 0.1) is 14.9 Å². The number of phenols is 1. The lowest BCUT2D eigenvalue weighted by Crippen LogP contribution is -2.48. The van der Waals surface area contributed by atoms with Crippen molar-refractivity contribution in [2.45, 2.75) is 0 Å². The molecule has 1 aliphatic heterocycles. The van der Waals surface area contributed by atoms with Crippen molar-refractivity contribution >= 4 is 28.5 Å². The molecule has 1 aromatic rings. The van der Waals surface area contributed by atoms with Gasteiger partial charge in [-0.25, -0.2) is 0 Å². The number of carbonyl (C=O) groups excluding carboxylic acids is 1. The number of rotatable bonds is 2. The highest BCUT2D eigenvalue weighted by molar-refractivity contribution is 14.1. The minimum atomic E-state index is -0.0664. The molecule has 0 aliphatic carbocycles. The van der Waals surface area contributed by atoms with E-state index in [0.29, 0.717) is 25.2 Å². The van der Waals surface area contributed by atoms with Crippen molar-refractivity contribution in [3.63, 3.8) is 0 Å². The molecule has 1 aliphatic rings. The molecule has 0 radical (unpaired) electrons. The standard InChI is InChI=1S/C13H14IN3O2/c14-11-2-1-10(9-12(11)18)13(19)17-7-5-16(4-3-15)6-8-17/h1-2,9,18H,4-8H2. The molecule has 0 spiro atoms. The average molecular weight is 371 g/mol. The summed E-state index contributed by atoms with van der Waals surface area (Å²) in [5.41, 5.74) is 0.506. The van der Waals surface area contributed by atoms with Crippen LogP contribution in [0.3, 0.4) is 0 Å². The van der Waals surface area contributed by atoms with Gasteiger partial charge in [0.2, 0.25) is 0 Å². The van der Waals surface area contributed by atoms with Crippen molar-refractivity contribution in [1.82, 2.24) is 9.80 Å². The summed E-state index contributed by atoms with van der Waals surface area (Å²) in [6.07, 6.45) is 0. The molecule has 1 saturated heterocycles. The summed E-state index contributed by atoms with van der Waals surface area (Å²) in [7, 11) is 0. The first kappa shape index (κ1) is 14.1. The van der Waals surface area contributed by atoms with E-state index in [9.17, 15) is 9.90 Å². The molecule has 2 rings (SSSR count). The second-order valence-electron chi connectivity index (χ2n) is 4.39. The second kappa shape index (κ2) is 6.21. The average Bonchev–Trinajstić information content (AvgIpc) is 2.42. The molecule has 1 fully saturated rings. The highest BCUT2D eigenvalue weighted by Crippen LogP contribution is 2.21. The van der Waals surface area contributed by atoms with Crippen LogP contribution in [0.4, 0.5) is 0 Å². The van der Waals surface area contributed by atoms with Crippen molar-refractivity contribution < 1.29 is 9.90 Å². The molecule has 100 valence electrons. The van der Waals surface area contributed by atoms with Crippen LogP contribution in [-0.4, -0.2) is 53.5 Å². The third kappa shape index (κ3) is 3.36. The number of phenolic OH excluding ortho intramolecular Hbond substituents is 1. The minimum absolute atomic E-state index is 0.0664. The summed E-state index contributed by atoms with van der Waals surface area (Å²) in [4.78, 5) is 16.0. The highest BCUT2D eigenvalue weighted by Gasteiger charge is 2.22. The van der Waals surface area contributed by atoms with Gasteiger partial charge in [-0.05, 0) is 40.8 Å². The predicted octanol–water partition coefficient (Wildman–Crippen LogP) is 1.28. The van der Waals surface area contributed by atoms with Crippen LogP contribution in [0.5, 0.6) is 5.75 Å². The van der Waals surface area contributed by atoms with Crippen molar-refractivity contribution in [3.8, 4) is 11.8 Å². The fraction of sp³-hybridized carbons (Fsp3) is 0.385. The largest absolute Gasteiger partial charge is 0.507 e. The molecule has 1 aromatic carbocycles. The number of aromatic hydroxyl groups is 1. The molecule has 0 aromatic heterocycles. The molecule has 0 bridgehead atoms. The Morgan fingerprint density at radius 2 is 2.05 bits per heavy atom. The topological polar surface area (TPSA) is 67.6 Å². The van der Waals surface area contributed by atoms with Crippen LogP contribution >= 0.6 is 22.6 Å². The molecule has 0 unspecified atom stereocenters. The predicted molar refractivity (Wildman–Crippen MR) is 78.8 cm³/mol. The summed E-state index contributed by atoms with van der Waals surface area (Å²) in [5.74, 6) is 0.0675. The van der Waals surface area contributed by atoms with Gasteiger partial charge in [0, 0.05) is 31.7 Å². The van der Waals surface area contributed by atoms with Gasteiger partial charge in [-0.3, -0.25) is 9.69 Å². The molecule has 0 atom stereocenters. The molecular formula is C13H14IN3O2. The van der Waals surface area contributed by atoms with Crippen LogP contribution in [-0.2, 0) is 0 Å². The Morgan fingerprint density at radius 3 is 2.63 bits per heavy atom. The van der Waals surface area contributed by atoms with Crippen molar-refractivity contribution in [1.29, 1.82) is 5.26 Å². The molecule has 6 heteroatoms. The van der Waals surface area contributed by atoms with E-state index < -0.39 is 0 Å². The van der Waals surface area contributed by atoms with Crippen molar-refractivity contribution in [2.24, 2.45) is 0 Å². The van der Waals surface area contributed by atoms with Crippen LogP contribution in [0.2, 0.25) is 0 Å². The normalized spacial score (nSPS) is 16.1. The van der Waals surface area contributed by atoms with Crippen LogP contribution in [0.15, 0.2) is 18.2 Å². The van der Waals surface area contributed by atoms with Gasteiger partial charge in [0.1, 0.15) is 5.75 Å². The Bertz CT molecular complexity index is 519. The number of nitrogens with zero attached hydrogens (tertiary/aromatic N) is 3. The van der Waals surface area contributed by atoms with E-state index in [2.05, 4.69) is 6.07 Å². The summed E-state index contributed by atoms with van der Waals surface area (Å²) < 4.78 is 0.730. The molecule has 1 heterocycles. The van der Waals surface area contributed by atoms with Gasteiger partial charge in [0.05, 0.1) is 16.2 Å². The Labute approximate surface area is 125 Å². The number of nitriles is 1. The van der Waals surface area contributed by atoms with E-state index in [4.69, 9.17) is 5.26 Å².